The predicted octanol–water partition coefficient (Wildman–Crippen LogP) is 5.51. The van der Waals surface area contributed by atoms with Crippen molar-refractivity contribution < 1.29 is 22.2 Å². The van der Waals surface area contributed by atoms with E-state index in [2.05, 4.69) is 5.32 Å². The van der Waals surface area contributed by atoms with Crippen LogP contribution in [-0.4, -0.2) is 31.2 Å². The lowest BCUT2D eigenvalue weighted by atomic mass is 10.1. The van der Waals surface area contributed by atoms with E-state index in [1.807, 2.05) is 13.8 Å². The first-order chi connectivity index (χ1) is 16.6. The smallest absolute Gasteiger partial charge is 0.339 e. The van der Waals surface area contributed by atoms with Gasteiger partial charge in [0.15, 0.2) is 0 Å². The molecule has 0 saturated carbocycles. The van der Waals surface area contributed by atoms with Crippen LogP contribution in [-0.2, 0) is 21.5 Å². The molecule has 9 heteroatoms. The van der Waals surface area contributed by atoms with Crippen LogP contribution in [0.2, 0.25) is 5.02 Å². The number of nitrogens with one attached hydrogen (secondary N) is 1. The summed E-state index contributed by atoms with van der Waals surface area (Å²) in [7, 11) is -4.06. The van der Waals surface area contributed by atoms with Crippen molar-refractivity contribution in [3.8, 4) is 5.75 Å². The lowest BCUT2D eigenvalue weighted by Crippen LogP contribution is -2.37. The Hall–Kier alpha value is -3.36. The Balaban J connectivity index is 1.74. The molecule has 0 aliphatic rings. The number of nitrogens with zero attached hydrogens (tertiary/aromatic N) is 1. The van der Waals surface area contributed by atoms with Crippen molar-refractivity contribution in [2.45, 2.75) is 44.7 Å². The zero-order chi connectivity index (χ0) is 25.6. The number of benzene rings is 3. The minimum absolute atomic E-state index is 0.0319. The Labute approximate surface area is 210 Å². The summed E-state index contributed by atoms with van der Waals surface area (Å²) < 4.78 is 30.5. The average Bonchev–Trinajstić information content (AvgIpc) is 2.83. The van der Waals surface area contributed by atoms with Gasteiger partial charge in [-0.2, -0.15) is 8.42 Å². The number of halogens is 1. The second kappa shape index (κ2) is 11.4. The molecule has 0 heterocycles. The third kappa shape index (κ3) is 6.83. The summed E-state index contributed by atoms with van der Waals surface area (Å²) in [5.41, 5.74) is 1.73. The highest BCUT2D eigenvalue weighted by Crippen LogP contribution is 2.24. The van der Waals surface area contributed by atoms with Crippen molar-refractivity contribution >= 4 is 39.2 Å². The van der Waals surface area contributed by atoms with Gasteiger partial charge in [-0.3, -0.25) is 9.59 Å². The third-order valence-corrected chi connectivity index (χ3v) is 7.02. The van der Waals surface area contributed by atoms with Crippen molar-refractivity contribution in [2.24, 2.45) is 0 Å². The zero-order valence-corrected chi connectivity index (χ0v) is 21.3. The standard InChI is InChI=1S/C26H27ClN2O5S/c1-4-18(2)29(26(31)24-7-5-6-8-25(24)27)17-20-9-13-22(14-10-20)34-35(32,33)23-15-11-21(12-16-23)28-19(3)30/h5-16,18H,4,17H2,1-3H3,(H,28,30)/t18-/m0/s1. The van der Waals surface area contributed by atoms with E-state index in [0.29, 0.717) is 22.8 Å². The third-order valence-electron chi connectivity index (χ3n) is 5.43. The van der Waals surface area contributed by atoms with Gasteiger partial charge in [-0.05, 0) is 67.4 Å². The first-order valence-corrected chi connectivity index (χ1v) is 12.9. The van der Waals surface area contributed by atoms with Gasteiger partial charge < -0.3 is 14.4 Å². The molecule has 0 unspecified atom stereocenters. The molecule has 0 saturated heterocycles. The lowest BCUT2D eigenvalue weighted by Gasteiger charge is -2.29. The Morgan fingerprint density at radius 1 is 1.00 bits per heavy atom. The normalized spacial score (nSPS) is 12.0. The molecule has 0 aliphatic heterocycles. The highest BCUT2D eigenvalue weighted by molar-refractivity contribution is 7.87. The summed E-state index contributed by atoms with van der Waals surface area (Å²) in [4.78, 5) is 26.0. The van der Waals surface area contributed by atoms with Gasteiger partial charge in [-0.15, -0.1) is 0 Å². The highest BCUT2D eigenvalue weighted by Gasteiger charge is 2.23. The SMILES string of the molecule is CC[C@H](C)N(Cc1ccc(OS(=O)(=O)c2ccc(NC(C)=O)cc2)cc1)C(=O)c1ccccc1Cl. The maximum Gasteiger partial charge on any atom is 0.339 e. The number of anilines is 1. The van der Waals surface area contributed by atoms with Gasteiger partial charge in [0.1, 0.15) is 10.6 Å². The molecule has 2 amide bonds. The van der Waals surface area contributed by atoms with Crippen LogP contribution in [0.4, 0.5) is 5.69 Å². The molecule has 1 atom stereocenters. The monoisotopic (exact) mass is 514 g/mol. The van der Waals surface area contributed by atoms with E-state index in [1.165, 1.54) is 31.2 Å². The van der Waals surface area contributed by atoms with Gasteiger partial charge in [0.25, 0.3) is 5.91 Å². The lowest BCUT2D eigenvalue weighted by molar-refractivity contribution is -0.114. The molecule has 3 rings (SSSR count). The van der Waals surface area contributed by atoms with Crippen LogP contribution in [0.5, 0.6) is 5.75 Å². The van der Waals surface area contributed by atoms with E-state index >= 15 is 0 Å². The fraction of sp³-hybridized carbons (Fsp3) is 0.231. The predicted molar refractivity (Wildman–Crippen MR) is 136 cm³/mol. The molecule has 0 radical (unpaired) electrons. The number of carbonyl (C=O) groups is 2. The van der Waals surface area contributed by atoms with E-state index in [9.17, 15) is 18.0 Å². The zero-order valence-electron chi connectivity index (χ0n) is 19.7. The minimum atomic E-state index is -4.06. The van der Waals surface area contributed by atoms with Crippen molar-refractivity contribution in [3.05, 3.63) is 88.9 Å². The van der Waals surface area contributed by atoms with Crippen molar-refractivity contribution in [1.29, 1.82) is 0 Å². The molecule has 7 nitrogen and oxygen atoms in total. The Morgan fingerprint density at radius 2 is 1.63 bits per heavy atom. The molecule has 0 bridgehead atoms. The maximum atomic E-state index is 13.2. The highest BCUT2D eigenvalue weighted by atomic mass is 35.5. The van der Waals surface area contributed by atoms with E-state index in [-0.39, 0.29) is 28.5 Å². The van der Waals surface area contributed by atoms with E-state index in [1.54, 1.807) is 53.4 Å². The van der Waals surface area contributed by atoms with Gasteiger partial charge in [0, 0.05) is 25.2 Å². The van der Waals surface area contributed by atoms with Gasteiger partial charge in [-0.25, -0.2) is 0 Å². The molecule has 0 spiro atoms. The van der Waals surface area contributed by atoms with Crippen LogP contribution in [0.25, 0.3) is 0 Å². The molecule has 3 aromatic rings. The molecule has 0 aliphatic carbocycles. The number of carbonyl (C=O) groups excluding carboxylic acids is 2. The van der Waals surface area contributed by atoms with Crippen molar-refractivity contribution in [1.82, 2.24) is 4.90 Å². The van der Waals surface area contributed by atoms with E-state index < -0.39 is 10.1 Å². The Bertz CT molecular complexity index is 1290. The summed E-state index contributed by atoms with van der Waals surface area (Å²) in [6.45, 7) is 5.67. The molecule has 0 fully saturated rings. The Kier molecular flexibility index (Phi) is 8.53. The average molecular weight is 515 g/mol. The quantitative estimate of drug-likeness (QED) is 0.380. The molecule has 0 aromatic heterocycles. The van der Waals surface area contributed by atoms with Crippen LogP contribution < -0.4 is 9.50 Å². The summed E-state index contributed by atoms with van der Waals surface area (Å²) in [5.74, 6) is -0.278. The summed E-state index contributed by atoms with van der Waals surface area (Å²) >= 11 is 6.24. The molecule has 184 valence electrons. The summed E-state index contributed by atoms with van der Waals surface area (Å²) in [6, 6.07) is 19.1. The van der Waals surface area contributed by atoms with E-state index in [0.717, 1.165) is 12.0 Å². The van der Waals surface area contributed by atoms with Crippen LogP contribution in [0.3, 0.4) is 0 Å². The van der Waals surface area contributed by atoms with Gasteiger partial charge >= 0.3 is 10.1 Å². The van der Waals surface area contributed by atoms with Crippen LogP contribution >= 0.6 is 11.6 Å². The number of hydrogen-bond donors (Lipinski definition) is 1. The molecule has 35 heavy (non-hydrogen) atoms. The fourth-order valence-electron chi connectivity index (χ4n) is 3.37. The number of amides is 2. The van der Waals surface area contributed by atoms with E-state index in [4.69, 9.17) is 15.8 Å². The largest absolute Gasteiger partial charge is 0.379 e. The first-order valence-electron chi connectivity index (χ1n) is 11.1. The van der Waals surface area contributed by atoms with Gasteiger partial charge in [0.05, 0.1) is 10.6 Å². The fourth-order valence-corrected chi connectivity index (χ4v) is 4.51. The van der Waals surface area contributed by atoms with Crippen LogP contribution in [0.1, 0.15) is 43.1 Å². The number of rotatable bonds is 9. The maximum absolute atomic E-state index is 13.2. The van der Waals surface area contributed by atoms with Crippen LogP contribution in [0, 0.1) is 0 Å². The summed E-state index contributed by atoms with van der Waals surface area (Å²) in [5, 5.41) is 2.97. The Morgan fingerprint density at radius 3 is 2.20 bits per heavy atom. The van der Waals surface area contributed by atoms with Gasteiger partial charge in [0.2, 0.25) is 5.91 Å². The van der Waals surface area contributed by atoms with Gasteiger partial charge in [-0.1, -0.05) is 42.8 Å². The second-order valence-electron chi connectivity index (χ2n) is 8.06. The topological polar surface area (TPSA) is 92.8 Å². The number of hydrogen-bond acceptors (Lipinski definition) is 5. The summed E-state index contributed by atoms with van der Waals surface area (Å²) in [6.07, 6.45) is 0.760. The molecular formula is C26H27ClN2O5S. The molecule has 3 aromatic carbocycles. The van der Waals surface area contributed by atoms with Crippen LogP contribution in [0.15, 0.2) is 77.7 Å². The van der Waals surface area contributed by atoms with Crippen molar-refractivity contribution in [3.63, 3.8) is 0 Å². The molecule has 1 N–H and O–H groups in total. The first kappa shape index (κ1) is 26.2. The molecular weight excluding hydrogens is 488 g/mol. The van der Waals surface area contributed by atoms with Crippen molar-refractivity contribution in [2.75, 3.05) is 5.32 Å². The second-order valence-corrected chi connectivity index (χ2v) is 10.0. The minimum Gasteiger partial charge on any atom is -0.379 e.